The molecule has 0 spiro atoms. The molecule has 0 atom stereocenters. The van der Waals surface area contributed by atoms with Crippen LogP contribution in [0.25, 0.3) is 20.2 Å². The molecule has 0 saturated carbocycles. The van der Waals surface area contributed by atoms with E-state index in [0.717, 1.165) is 0 Å². The monoisotopic (exact) mass is 242 g/mol. The molecule has 0 nitrogen and oxygen atoms in total. The average Bonchev–Trinajstić information content (AvgIpc) is 2.71. The zero-order valence-electron chi connectivity index (χ0n) is 10.7. The Hall–Kier alpha value is -1.34. The molecule has 0 saturated heterocycles. The van der Waals surface area contributed by atoms with Crippen LogP contribution in [0.3, 0.4) is 0 Å². The van der Waals surface area contributed by atoms with Gasteiger partial charge < -0.3 is 0 Å². The number of hydrogen-bond donors (Lipinski definition) is 0. The average molecular weight is 242 g/mol. The van der Waals surface area contributed by atoms with Gasteiger partial charge >= 0.3 is 0 Å². The van der Waals surface area contributed by atoms with Crippen molar-refractivity contribution >= 4 is 31.5 Å². The lowest BCUT2D eigenvalue weighted by atomic mass is 10.1. The molecule has 88 valence electrons. The van der Waals surface area contributed by atoms with Gasteiger partial charge in [0.25, 0.3) is 0 Å². The van der Waals surface area contributed by atoms with Crippen molar-refractivity contribution in [2.75, 3.05) is 0 Å². The lowest BCUT2D eigenvalue weighted by molar-refractivity contribution is 1.09. The third kappa shape index (κ3) is 2.34. The lowest BCUT2D eigenvalue weighted by Crippen LogP contribution is -1.69. The van der Waals surface area contributed by atoms with Crippen LogP contribution in [0, 0.1) is 6.92 Å². The Morgan fingerprint density at radius 2 is 1.53 bits per heavy atom. The molecule has 3 aromatic rings. The zero-order chi connectivity index (χ0) is 12.3. The van der Waals surface area contributed by atoms with Crippen LogP contribution in [0.5, 0.6) is 0 Å². The van der Waals surface area contributed by atoms with Crippen molar-refractivity contribution in [3.05, 3.63) is 48.0 Å². The summed E-state index contributed by atoms with van der Waals surface area (Å²) in [5.41, 5.74) is 1.38. The molecular formula is C16H18S. The van der Waals surface area contributed by atoms with E-state index in [1.165, 1.54) is 32.2 Å². The van der Waals surface area contributed by atoms with E-state index in [-0.39, 0.29) is 0 Å². The summed E-state index contributed by atoms with van der Waals surface area (Å²) in [4.78, 5) is 0. The Morgan fingerprint density at radius 1 is 0.882 bits per heavy atom. The van der Waals surface area contributed by atoms with E-state index in [4.69, 9.17) is 0 Å². The molecule has 0 bridgehead atoms. The van der Waals surface area contributed by atoms with E-state index >= 15 is 0 Å². The van der Waals surface area contributed by atoms with Gasteiger partial charge in [-0.15, -0.1) is 11.3 Å². The summed E-state index contributed by atoms with van der Waals surface area (Å²) in [6.07, 6.45) is 1.25. The Kier molecular flexibility index (Phi) is 3.80. The molecule has 0 amide bonds. The summed E-state index contributed by atoms with van der Waals surface area (Å²) in [7, 11) is 0. The summed E-state index contributed by atoms with van der Waals surface area (Å²) in [6, 6.07) is 15.1. The Balaban J connectivity index is 0.000000329. The van der Waals surface area contributed by atoms with Gasteiger partial charge in [-0.25, -0.2) is 0 Å². The Morgan fingerprint density at radius 3 is 2.29 bits per heavy atom. The number of thiophene rings is 1. The maximum Gasteiger partial charge on any atom is 0.0384 e. The molecule has 1 heteroatoms. The minimum absolute atomic E-state index is 1.25. The first-order valence-corrected chi connectivity index (χ1v) is 6.96. The van der Waals surface area contributed by atoms with E-state index in [9.17, 15) is 0 Å². The van der Waals surface area contributed by atoms with Gasteiger partial charge in [-0.1, -0.05) is 56.7 Å². The lowest BCUT2D eigenvalue weighted by Gasteiger charge is -1.93. The Labute approximate surface area is 107 Å². The highest BCUT2D eigenvalue weighted by molar-refractivity contribution is 7.26. The van der Waals surface area contributed by atoms with Gasteiger partial charge in [0.2, 0.25) is 0 Å². The minimum atomic E-state index is 1.25. The predicted molar refractivity (Wildman–Crippen MR) is 80.0 cm³/mol. The number of rotatable bonds is 0. The third-order valence-corrected chi connectivity index (χ3v) is 3.92. The molecule has 2 aromatic carbocycles. The molecule has 17 heavy (non-hydrogen) atoms. The summed E-state index contributed by atoms with van der Waals surface area (Å²) < 4.78 is 2.81. The molecular weight excluding hydrogens is 224 g/mol. The second-order valence-corrected chi connectivity index (χ2v) is 5.31. The predicted octanol–water partition coefficient (Wildman–Crippen LogP) is 5.78. The highest BCUT2D eigenvalue weighted by Gasteiger charge is 2.04. The third-order valence-electron chi connectivity index (χ3n) is 2.60. The highest BCUT2D eigenvalue weighted by Crippen LogP contribution is 2.35. The van der Waals surface area contributed by atoms with Gasteiger partial charge in [0, 0.05) is 20.2 Å². The molecule has 3 rings (SSSR count). The second-order valence-electron chi connectivity index (χ2n) is 4.26. The minimum Gasteiger partial charge on any atom is -0.135 e. The molecule has 0 radical (unpaired) electrons. The van der Waals surface area contributed by atoms with E-state index in [0.29, 0.717) is 0 Å². The molecule has 0 aliphatic carbocycles. The smallest absolute Gasteiger partial charge is 0.0384 e. The van der Waals surface area contributed by atoms with Gasteiger partial charge in [-0.2, -0.15) is 0 Å². The summed E-state index contributed by atoms with van der Waals surface area (Å²) in [6.45, 7) is 6.43. The first-order valence-electron chi connectivity index (χ1n) is 6.14. The normalized spacial score (nSPS) is 10.3. The first-order chi connectivity index (χ1) is 8.27. The molecule has 0 unspecified atom stereocenters. The van der Waals surface area contributed by atoms with Gasteiger partial charge in [0.15, 0.2) is 0 Å². The van der Waals surface area contributed by atoms with Crippen molar-refractivity contribution in [3.8, 4) is 0 Å². The van der Waals surface area contributed by atoms with Crippen molar-refractivity contribution < 1.29 is 0 Å². The number of fused-ring (bicyclic) bond motifs is 3. The van der Waals surface area contributed by atoms with Crippen LogP contribution in [0.4, 0.5) is 0 Å². The van der Waals surface area contributed by atoms with Crippen LogP contribution >= 0.6 is 11.3 Å². The first kappa shape index (κ1) is 12.1. The SMILES string of the molecule is CCC.Cc1cccc2c1sc1ccccc12. The molecule has 1 aromatic heterocycles. The van der Waals surface area contributed by atoms with Crippen molar-refractivity contribution in [2.45, 2.75) is 27.2 Å². The van der Waals surface area contributed by atoms with E-state index in [1.54, 1.807) is 0 Å². The van der Waals surface area contributed by atoms with Gasteiger partial charge in [-0.05, 0) is 18.6 Å². The van der Waals surface area contributed by atoms with Crippen molar-refractivity contribution in [3.63, 3.8) is 0 Å². The second kappa shape index (κ2) is 5.33. The molecule has 1 heterocycles. The number of hydrogen-bond acceptors (Lipinski definition) is 1. The van der Waals surface area contributed by atoms with Crippen LogP contribution < -0.4 is 0 Å². The maximum atomic E-state index is 2.21. The van der Waals surface area contributed by atoms with E-state index in [1.807, 2.05) is 11.3 Å². The van der Waals surface area contributed by atoms with Gasteiger partial charge in [0.1, 0.15) is 0 Å². The standard InChI is InChI=1S/C13H10S.C3H8/c1-9-5-4-7-11-10-6-2-3-8-12(10)14-13(9)11;1-3-2/h2-8H,1H3;3H2,1-2H3. The largest absolute Gasteiger partial charge is 0.135 e. The fourth-order valence-electron chi connectivity index (χ4n) is 1.89. The quantitative estimate of drug-likeness (QED) is 0.469. The van der Waals surface area contributed by atoms with Crippen molar-refractivity contribution in [1.82, 2.24) is 0 Å². The fourth-order valence-corrected chi connectivity index (χ4v) is 3.06. The molecule has 0 fully saturated rings. The summed E-state index contributed by atoms with van der Waals surface area (Å²) in [5.74, 6) is 0. The summed E-state index contributed by atoms with van der Waals surface area (Å²) >= 11 is 1.89. The van der Waals surface area contributed by atoms with Crippen LogP contribution in [0.15, 0.2) is 42.5 Å². The number of benzene rings is 2. The molecule has 0 aliphatic heterocycles. The van der Waals surface area contributed by atoms with Crippen molar-refractivity contribution in [1.29, 1.82) is 0 Å². The van der Waals surface area contributed by atoms with Gasteiger partial charge in [0.05, 0.1) is 0 Å². The number of aryl methyl sites for hydroxylation is 1. The topological polar surface area (TPSA) is 0 Å². The van der Waals surface area contributed by atoms with E-state index < -0.39 is 0 Å². The fraction of sp³-hybridized carbons (Fsp3) is 0.250. The van der Waals surface area contributed by atoms with E-state index in [2.05, 4.69) is 63.2 Å². The van der Waals surface area contributed by atoms with Crippen LogP contribution in [-0.2, 0) is 0 Å². The molecule has 0 N–H and O–H groups in total. The van der Waals surface area contributed by atoms with Crippen molar-refractivity contribution in [2.24, 2.45) is 0 Å². The van der Waals surface area contributed by atoms with Crippen LogP contribution in [0.1, 0.15) is 25.8 Å². The van der Waals surface area contributed by atoms with Crippen LogP contribution in [0.2, 0.25) is 0 Å². The zero-order valence-corrected chi connectivity index (χ0v) is 11.5. The summed E-state index contributed by atoms with van der Waals surface area (Å²) in [5, 5.41) is 2.78. The highest BCUT2D eigenvalue weighted by atomic mass is 32.1. The van der Waals surface area contributed by atoms with Gasteiger partial charge in [-0.3, -0.25) is 0 Å². The van der Waals surface area contributed by atoms with Crippen LogP contribution in [-0.4, -0.2) is 0 Å². The maximum absolute atomic E-state index is 2.21. The Bertz CT molecular complexity index is 620. The molecule has 0 aliphatic rings.